The van der Waals surface area contributed by atoms with Gasteiger partial charge >= 0.3 is 0 Å². The molecule has 106 valence electrons. The number of hydrogen-bond acceptors (Lipinski definition) is 4. The zero-order valence-corrected chi connectivity index (χ0v) is 12.1. The Morgan fingerprint density at radius 2 is 2.05 bits per heavy atom. The minimum absolute atomic E-state index is 0.104. The lowest BCUT2D eigenvalue weighted by Gasteiger charge is -2.11. The van der Waals surface area contributed by atoms with Crippen molar-refractivity contribution in [2.45, 2.75) is 13.8 Å². The Kier molecular flexibility index (Phi) is 3.17. The van der Waals surface area contributed by atoms with Crippen molar-refractivity contribution in [1.82, 2.24) is 14.6 Å². The molecule has 0 amide bonds. The summed E-state index contributed by atoms with van der Waals surface area (Å²) in [5.41, 5.74) is 3.72. The van der Waals surface area contributed by atoms with Gasteiger partial charge in [0.25, 0.3) is 0 Å². The summed E-state index contributed by atoms with van der Waals surface area (Å²) in [5, 5.41) is 4.18. The van der Waals surface area contributed by atoms with Gasteiger partial charge in [0.15, 0.2) is 0 Å². The third-order valence-electron chi connectivity index (χ3n) is 3.46. The third kappa shape index (κ3) is 2.16. The number of methoxy groups -OCH3 is 1. The van der Waals surface area contributed by atoms with E-state index in [1.165, 1.54) is 0 Å². The highest BCUT2D eigenvalue weighted by Gasteiger charge is 2.21. The van der Waals surface area contributed by atoms with Gasteiger partial charge in [0.05, 0.1) is 36.1 Å². The molecule has 0 saturated heterocycles. The minimum Gasteiger partial charge on any atom is -0.496 e. The first kappa shape index (κ1) is 13.3. The molecule has 0 aliphatic rings. The highest BCUT2D eigenvalue weighted by atomic mass is 16.5. The van der Waals surface area contributed by atoms with Crippen molar-refractivity contribution in [2.75, 3.05) is 7.11 Å². The molecule has 0 atom stereocenters. The van der Waals surface area contributed by atoms with Crippen molar-refractivity contribution in [1.29, 1.82) is 0 Å². The van der Waals surface area contributed by atoms with Crippen LogP contribution in [0.25, 0.3) is 5.52 Å². The van der Waals surface area contributed by atoms with Crippen LogP contribution in [0.15, 0.2) is 36.9 Å². The zero-order chi connectivity index (χ0) is 15.0. The largest absolute Gasteiger partial charge is 0.496 e. The van der Waals surface area contributed by atoms with E-state index in [-0.39, 0.29) is 5.78 Å². The van der Waals surface area contributed by atoms with Gasteiger partial charge in [-0.15, -0.1) is 0 Å². The second-order valence-corrected chi connectivity index (χ2v) is 4.95. The number of fused-ring (bicyclic) bond motifs is 1. The number of carbonyl (C=O) groups is 1. The summed E-state index contributed by atoms with van der Waals surface area (Å²) in [6, 6.07) is 3.84. The minimum atomic E-state index is -0.104. The number of rotatable bonds is 3. The molecule has 21 heavy (non-hydrogen) atoms. The van der Waals surface area contributed by atoms with Crippen LogP contribution in [0.4, 0.5) is 0 Å². The molecule has 0 aliphatic heterocycles. The summed E-state index contributed by atoms with van der Waals surface area (Å²) in [7, 11) is 1.57. The van der Waals surface area contributed by atoms with E-state index in [4.69, 9.17) is 4.74 Å². The molecule has 0 fully saturated rings. The number of aryl methyl sites for hydroxylation is 2. The van der Waals surface area contributed by atoms with E-state index < -0.39 is 0 Å². The Morgan fingerprint density at radius 3 is 2.81 bits per heavy atom. The van der Waals surface area contributed by atoms with Gasteiger partial charge in [-0.05, 0) is 31.0 Å². The van der Waals surface area contributed by atoms with Gasteiger partial charge in [-0.2, -0.15) is 5.10 Å². The molecule has 0 spiro atoms. The first-order valence-electron chi connectivity index (χ1n) is 6.59. The second kappa shape index (κ2) is 5.01. The third-order valence-corrected chi connectivity index (χ3v) is 3.46. The summed E-state index contributed by atoms with van der Waals surface area (Å²) in [4.78, 5) is 16.9. The predicted molar refractivity (Wildman–Crippen MR) is 78.9 cm³/mol. The molecule has 5 nitrogen and oxygen atoms in total. The number of carbonyl (C=O) groups excluding carboxylic acids is 1. The molecule has 2 heterocycles. The number of hydrogen-bond donors (Lipinski definition) is 0. The fourth-order valence-corrected chi connectivity index (χ4v) is 2.52. The Balaban J connectivity index is 2.19. The molecule has 0 saturated carbocycles. The predicted octanol–water partition coefficient (Wildman–Crippen LogP) is 2.59. The lowest BCUT2D eigenvalue weighted by atomic mass is 9.97. The summed E-state index contributed by atoms with van der Waals surface area (Å²) in [6.07, 6.45) is 6.55. The molecule has 3 aromatic rings. The van der Waals surface area contributed by atoms with Gasteiger partial charge in [-0.1, -0.05) is 6.07 Å². The Hall–Kier alpha value is -2.69. The number of ether oxygens (including phenoxy) is 1. The first-order valence-corrected chi connectivity index (χ1v) is 6.59. The van der Waals surface area contributed by atoms with Crippen molar-refractivity contribution in [3.8, 4) is 5.75 Å². The van der Waals surface area contributed by atoms with Crippen LogP contribution in [-0.2, 0) is 0 Å². The van der Waals surface area contributed by atoms with E-state index >= 15 is 0 Å². The molecule has 0 N–H and O–H groups in total. The maximum absolute atomic E-state index is 12.9. The number of benzene rings is 1. The van der Waals surface area contributed by atoms with Gasteiger partial charge in [-0.3, -0.25) is 9.78 Å². The molecule has 5 heteroatoms. The standard InChI is InChI=1S/C16H15N3O2/c1-10-6-11(2)15(14(7-10)21-3)16(20)12-8-18-19-5-4-17-9-13(12)19/h4-9H,1-3H3. The van der Waals surface area contributed by atoms with E-state index in [9.17, 15) is 4.79 Å². The average Bonchev–Trinajstić information content (AvgIpc) is 2.89. The lowest BCUT2D eigenvalue weighted by Crippen LogP contribution is -2.07. The normalized spacial score (nSPS) is 10.8. The maximum Gasteiger partial charge on any atom is 0.200 e. The number of aromatic nitrogens is 3. The molecule has 1 aromatic carbocycles. The number of ketones is 1. The first-order chi connectivity index (χ1) is 10.1. The van der Waals surface area contributed by atoms with Crippen LogP contribution in [0.3, 0.4) is 0 Å². The monoisotopic (exact) mass is 281 g/mol. The van der Waals surface area contributed by atoms with Crippen molar-refractivity contribution < 1.29 is 9.53 Å². The number of nitrogens with zero attached hydrogens (tertiary/aromatic N) is 3. The fraction of sp³-hybridized carbons (Fsp3) is 0.188. The topological polar surface area (TPSA) is 56.5 Å². The smallest absolute Gasteiger partial charge is 0.200 e. The van der Waals surface area contributed by atoms with Gasteiger partial charge < -0.3 is 4.74 Å². The molecule has 3 rings (SSSR count). The van der Waals surface area contributed by atoms with E-state index in [1.54, 1.807) is 36.4 Å². The van der Waals surface area contributed by atoms with Crippen molar-refractivity contribution in [3.05, 3.63) is 59.2 Å². The molecule has 0 radical (unpaired) electrons. The van der Waals surface area contributed by atoms with E-state index in [0.29, 0.717) is 22.4 Å². The summed E-state index contributed by atoms with van der Waals surface area (Å²) >= 11 is 0. The molecule has 0 unspecified atom stereocenters. The van der Waals surface area contributed by atoms with Crippen LogP contribution in [0.5, 0.6) is 5.75 Å². The van der Waals surface area contributed by atoms with Crippen LogP contribution in [0, 0.1) is 13.8 Å². The summed E-state index contributed by atoms with van der Waals surface area (Å²) in [5.74, 6) is 0.480. The Bertz CT molecular complexity index is 837. The second-order valence-electron chi connectivity index (χ2n) is 4.95. The SMILES string of the molecule is COc1cc(C)cc(C)c1C(=O)c1cnn2ccncc12. The van der Waals surface area contributed by atoms with Crippen LogP contribution in [0.1, 0.15) is 27.0 Å². The van der Waals surface area contributed by atoms with E-state index in [1.807, 2.05) is 26.0 Å². The summed E-state index contributed by atoms with van der Waals surface area (Å²) in [6.45, 7) is 3.88. The van der Waals surface area contributed by atoms with Gasteiger partial charge in [0.2, 0.25) is 5.78 Å². The highest BCUT2D eigenvalue weighted by Crippen LogP contribution is 2.27. The fourth-order valence-electron chi connectivity index (χ4n) is 2.52. The average molecular weight is 281 g/mol. The molecular formula is C16H15N3O2. The van der Waals surface area contributed by atoms with Gasteiger partial charge in [0.1, 0.15) is 5.75 Å². The molecule has 0 aliphatic carbocycles. The van der Waals surface area contributed by atoms with Crippen molar-refractivity contribution in [3.63, 3.8) is 0 Å². The van der Waals surface area contributed by atoms with Crippen LogP contribution < -0.4 is 4.74 Å². The van der Waals surface area contributed by atoms with Gasteiger partial charge in [-0.25, -0.2) is 4.52 Å². The zero-order valence-electron chi connectivity index (χ0n) is 12.1. The van der Waals surface area contributed by atoms with Crippen LogP contribution in [-0.4, -0.2) is 27.5 Å². The van der Waals surface area contributed by atoms with Crippen molar-refractivity contribution in [2.24, 2.45) is 0 Å². The van der Waals surface area contributed by atoms with Gasteiger partial charge in [0, 0.05) is 12.4 Å². The highest BCUT2D eigenvalue weighted by molar-refractivity contribution is 6.15. The van der Waals surface area contributed by atoms with E-state index in [0.717, 1.165) is 11.1 Å². The van der Waals surface area contributed by atoms with E-state index in [2.05, 4.69) is 10.1 Å². The van der Waals surface area contributed by atoms with Crippen LogP contribution in [0.2, 0.25) is 0 Å². The molecular weight excluding hydrogens is 266 g/mol. The Morgan fingerprint density at radius 1 is 1.24 bits per heavy atom. The van der Waals surface area contributed by atoms with Crippen LogP contribution >= 0.6 is 0 Å². The Labute approximate surface area is 122 Å². The maximum atomic E-state index is 12.9. The molecule has 2 aromatic heterocycles. The quantitative estimate of drug-likeness (QED) is 0.692. The molecule has 0 bridgehead atoms. The van der Waals surface area contributed by atoms with Crippen molar-refractivity contribution >= 4 is 11.3 Å². The lowest BCUT2D eigenvalue weighted by molar-refractivity contribution is 0.103. The summed E-state index contributed by atoms with van der Waals surface area (Å²) < 4.78 is 7.01.